The van der Waals surface area contributed by atoms with Gasteiger partial charge in [-0.3, -0.25) is 9.59 Å². The van der Waals surface area contributed by atoms with Gasteiger partial charge in [-0.25, -0.2) is 0 Å². The molecule has 0 saturated carbocycles. The number of phenolic OH excluding ortho intramolecular Hbond substituents is 2. The van der Waals surface area contributed by atoms with Crippen molar-refractivity contribution in [1.29, 1.82) is 0 Å². The second-order valence-electron chi connectivity index (χ2n) is 7.72. The van der Waals surface area contributed by atoms with Gasteiger partial charge < -0.3 is 29.4 Å². The minimum absolute atomic E-state index is 0.0597. The van der Waals surface area contributed by atoms with E-state index in [2.05, 4.69) is 0 Å². The second kappa shape index (κ2) is 10.1. The van der Waals surface area contributed by atoms with E-state index in [1.54, 1.807) is 41.8 Å². The van der Waals surface area contributed by atoms with Gasteiger partial charge in [0.15, 0.2) is 11.5 Å². The Morgan fingerprint density at radius 2 is 1.70 bits per heavy atom. The number of esters is 1. The van der Waals surface area contributed by atoms with E-state index in [4.69, 9.17) is 9.47 Å². The molecule has 174 valence electrons. The van der Waals surface area contributed by atoms with E-state index in [9.17, 15) is 24.9 Å². The molecule has 0 saturated heterocycles. The molecule has 0 bridgehead atoms. The number of nitrogens with zero attached hydrogens (tertiary/aromatic N) is 1. The predicted octanol–water partition coefficient (Wildman–Crippen LogP) is 3.22. The van der Waals surface area contributed by atoms with E-state index >= 15 is 0 Å². The molecule has 0 radical (unpaired) electrons. The van der Waals surface area contributed by atoms with Crippen LogP contribution in [0.5, 0.6) is 23.0 Å². The van der Waals surface area contributed by atoms with E-state index in [-0.39, 0.29) is 35.0 Å². The van der Waals surface area contributed by atoms with E-state index in [0.717, 1.165) is 5.56 Å². The zero-order chi connectivity index (χ0) is 24.1. The first-order valence-corrected chi connectivity index (χ1v) is 10.4. The van der Waals surface area contributed by atoms with Crippen LogP contribution in [0.4, 0.5) is 0 Å². The van der Waals surface area contributed by atoms with Crippen LogP contribution in [0.2, 0.25) is 0 Å². The monoisotopic (exact) mass is 453 g/mol. The lowest BCUT2D eigenvalue weighted by molar-refractivity contribution is -0.140. The zero-order valence-corrected chi connectivity index (χ0v) is 18.7. The van der Waals surface area contributed by atoms with Gasteiger partial charge >= 0.3 is 5.97 Å². The highest BCUT2D eigenvalue weighted by Crippen LogP contribution is 2.36. The Balaban J connectivity index is 2.07. The first kappa shape index (κ1) is 23.7. The van der Waals surface area contributed by atoms with Crippen molar-refractivity contribution in [2.75, 3.05) is 14.2 Å². The van der Waals surface area contributed by atoms with Gasteiger partial charge in [0, 0.05) is 18.2 Å². The van der Waals surface area contributed by atoms with E-state index in [1.807, 2.05) is 0 Å². The number of phenols is 2. The van der Waals surface area contributed by atoms with Gasteiger partial charge in [0.1, 0.15) is 11.5 Å². The van der Waals surface area contributed by atoms with E-state index in [0.29, 0.717) is 24.2 Å². The number of hydrogen-bond acceptors (Lipinski definition) is 7. The summed E-state index contributed by atoms with van der Waals surface area (Å²) in [5.41, 5.74) is 1.65. The fraction of sp³-hybridized carbons (Fsp3) is 0.280. The van der Waals surface area contributed by atoms with Crippen LogP contribution in [-0.4, -0.2) is 40.1 Å². The number of pyridine rings is 1. The van der Waals surface area contributed by atoms with E-state index < -0.39 is 17.4 Å². The third kappa shape index (κ3) is 5.28. The first-order valence-electron chi connectivity index (χ1n) is 10.4. The molecule has 8 nitrogen and oxygen atoms in total. The molecule has 0 amide bonds. The van der Waals surface area contributed by atoms with Crippen LogP contribution in [-0.2, 0) is 22.5 Å². The molecule has 3 aromatic rings. The average Bonchev–Trinajstić information content (AvgIpc) is 2.79. The number of aromatic hydroxyl groups is 3. The Morgan fingerprint density at radius 1 is 1.00 bits per heavy atom. The van der Waals surface area contributed by atoms with Gasteiger partial charge in [0.25, 0.3) is 5.56 Å². The molecule has 1 unspecified atom stereocenters. The molecule has 0 spiro atoms. The van der Waals surface area contributed by atoms with Crippen molar-refractivity contribution in [3.05, 3.63) is 81.3 Å². The number of carbonyl (C=O) groups excluding carboxylic acids is 1. The summed E-state index contributed by atoms with van der Waals surface area (Å²) in [6, 6.07) is 12.7. The summed E-state index contributed by atoms with van der Waals surface area (Å²) in [6.07, 6.45) is 0.341. The molecule has 1 atom stereocenters. The minimum atomic E-state index is -0.819. The SMILES string of the molecule is COC(=O)CC(c1ccc(O)c(OC)c1)c1c(O)cc(C)n(CCc2ccc(O)cc2)c1=O. The molecule has 8 heteroatoms. The quantitative estimate of drug-likeness (QED) is 0.448. The maximum atomic E-state index is 13.5. The highest BCUT2D eigenvalue weighted by Gasteiger charge is 2.27. The number of aromatic nitrogens is 1. The van der Waals surface area contributed by atoms with Crippen LogP contribution in [0.15, 0.2) is 53.3 Å². The number of ether oxygens (including phenoxy) is 2. The minimum Gasteiger partial charge on any atom is -0.508 e. The molecule has 0 aliphatic rings. The van der Waals surface area contributed by atoms with Gasteiger partial charge in [-0.05, 0) is 54.8 Å². The van der Waals surface area contributed by atoms with Gasteiger partial charge in [-0.2, -0.15) is 0 Å². The zero-order valence-electron chi connectivity index (χ0n) is 18.7. The van der Waals surface area contributed by atoms with E-state index in [1.165, 1.54) is 32.4 Å². The first-order chi connectivity index (χ1) is 15.7. The van der Waals surface area contributed by atoms with Crippen LogP contribution >= 0.6 is 0 Å². The van der Waals surface area contributed by atoms with Crippen molar-refractivity contribution in [3.8, 4) is 23.0 Å². The molecule has 1 heterocycles. The molecular formula is C25H27NO7. The fourth-order valence-electron chi connectivity index (χ4n) is 3.83. The van der Waals surface area contributed by atoms with Gasteiger partial charge in [-0.15, -0.1) is 0 Å². The molecule has 3 N–H and O–H groups in total. The average molecular weight is 453 g/mol. The fourth-order valence-corrected chi connectivity index (χ4v) is 3.83. The van der Waals surface area contributed by atoms with Crippen molar-refractivity contribution >= 4 is 5.97 Å². The number of hydrogen-bond donors (Lipinski definition) is 3. The maximum absolute atomic E-state index is 13.5. The highest BCUT2D eigenvalue weighted by molar-refractivity contribution is 5.71. The second-order valence-corrected chi connectivity index (χ2v) is 7.72. The summed E-state index contributed by atoms with van der Waals surface area (Å²) in [5, 5.41) is 30.2. The van der Waals surface area contributed by atoms with Gasteiger partial charge in [-0.1, -0.05) is 18.2 Å². The Labute approximate surface area is 191 Å². The van der Waals surface area contributed by atoms with Crippen molar-refractivity contribution in [3.63, 3.8) is 0 Å². The molecule has 0 aliphatic heterocycles. The molecule has 3 rings (SSSR count). The highest BCUT2D eigenvalue weighted by atomic mass is 16.5. The smallest absolute Gasteiger partial charge is 0.306 e. The van der Waals surface area contributed by atoms with Gasteiger partial charge in [0.2, 0.25) is 0 Å². The summed E-state index contributed by atoms with van der Waals surface area (Å²) in [5.74, 6) is -1.34. The largest absolute Gasteiger partial charge is 0.508 e. The number of rotatable bonds is 8. The molecule has 0 aliphatic carbocycles. The van der Waals surface area contributed by atoms with Crippen LogP contribution in [0.1, 0.15) is 34.7 Å². The predicted molar refractivity (Wildman–Crippen MR) is 122 cm³/mol. The number of methoxy groups -OCH3 is 2. The molecule has 2 aromatic carbocycles. The summed E-state index contributed by atoms with van der Waals surface area (Å²) in [6.45, 7) is 2.06. The molecular weight excluding hydrogens is 426 g/mol. The lowest BCUT2D eigenvalue weighted by Gasteiger charge is -2.21. The molecule has 33 heavy (non-hydrogen) atoms. The maximum Gasteiger partial charge on any atom is 0.306 e. The molecule has 0 fully saturated rings. The lowest BCUT2D eigenvalue weighted by Crippen LogP contribution is -2.29. The topological polar surface area (TPSA) is 118 Å². The summed E-state index contributed by atoms with van der Waals surface area (Å²) in [4.78, 5) is 25.7. The summed E-state index contributed by atoms with van der Waals surface area (Å²) >= 11 is 0. The van der Waals surface area contributed by atoms with Crippen LogP contribution < -0.4 is 10.3 Å². The normalized spacial score (nSPS) is 11.7. The van der Waals surface area contributed by atoms with Crippen LogP contribution in [0, 0.1) is 6.92 Å². The Bertz CT molecular complexity index is 1200. The van der Waals surface area contributed by atoms with Crippen molar-refractivity contribution in [2.24, 2.45) is 0 Å². The lowest BCUT2D eigenvalue weighted by atomic mass is 9.88. The number of benzene rings is 2. The standard InChI is InChI=1S/C25H27NO7/c1-15-12-21(29)24(25(31)26(15)11-10-16-4-7-18(27)8-5-16)19(14-23(30)33-3)17-6-9-20(28)22(13-17)32-2/h4-9,12-13,19,27-29H,10-11,14H2,1-3H3. The Hall–Kier alpha value is -3.94. The number of aryl methyl sites for hydroxylation is 2. The summed E-state index contributed by atoms with van der Waals surface area (Å²) in [7, 11) is 2.65. The third-order valence-electron chi connectivity index (χ3n) is 5.64. The van der Waals surface area contributed by atoms with Crippen molar-refractivity contribution < 1.29 is 29.6 Å². The third-order valence-corrected chi connectivity index (χ3v) is 5.64. The van der Waals surface area contributed by atoms with Crippen LogP contribution in [0.25, 0.3) is 0 Å². The summed E-state index contributed by atoms with van der Waals surface area (Å²) < 4.78 is 11.5. The van der Waals surface area contributed by atoms with Crippen molar-refractivity contribution in [1.82, 2.24) is 4.57 Å². The molecule has 1 aromatic heterocycles. The Kier molecular flexibility index (Phi) is 7.27. The van der Waals surface area contributed by atoms with Crippen molar-refractivity contribution in [2.45, 2.75) is 32.2 Å². The Morgan fingerprint density at radius 3 is 2.33 bits per heavy atom. The van der Waals surface area contributed by atoms with Gasteiger partial charge in [0.05, 0.1) is 26.2 Å². The number of carbonyl (C=O) groups is 1. The van der Waals surface area contributed by atoms with Crippen LogP contribution in [0.3, 0.4) is 0 Å².